The molecule has 142 valence electrons. The normalized spacial score (nSPS) is 28.2. The second-order valence-corrected chi connectivity index (χ2v) is 8.16. The van der Waals surface area contributed by atoms with Crippen molar-refractivity contribution in [3.8, 4) is 0 Å². The van der Waals surface area contributed by atoms with Crippen LogP contribution in [0.2, 0.25) is 6.32 Å². The maximum absolute atomic E-state index is 11.9. The molecule has 2 saturated heterocycles. The Labute approximate surface area is 149 Å². The van der Waals surface area contributed by atoms with Crippen molar-refractivity contribution >= 4 is 19.2 Å². The summed E-state index contributed by atoms with van der Waals surface area (Å²) in [6.07, 6.45) is 3.06. The van der Waals surface area contributed by atoms with Gasteiger partial charge < -0.3 is 19.5 Å². The standard InChI is InChI=1S/C17H30BNO6/c1-15(2)16(3,4)25-18(24-15)11-7-5-9-17(13(20)21)10-6-8-12-19(17)14(22)23/h5-12H2,1-4H3,(H,20,21)(H,22,23). The number of carboxylic acids is 1. The van der Waals surface area contributed by atoms with E-state index in [-0.39, 0.29) is 18.3 Å². The number of amides is 1. The van der Waals surface area contributed by atoms with Crippen molar-refractivity contribution in [2.75, 3.05) is 6.54 Å². The Hall–Kier alpha value is -1.28. The molecule has 0 radical (unpaired) electrons. The lowest BCUT2D eigenvalue weighted by Crippen LogP contribution is -2.59. The maximum Gasteiger partial charge on any atom is 0.457 e. The van der Waals surface area contributed by atoms with Gasteiger partial charge in [0, 0.05) is 6.54 Å². The van der Waals surface area contributed by atoms with E-state index in [2.05, 4.69) is 0 Å². The van der Waals surface area contributed by atoms with E-state index in [0.717, 1.165) is 24.2 Å². The first-order chi connectivity index (χ1) is 11.5. The Morgan fingerprint density at radius 1 is 1.04 bits per heavy atom. The number of hydrogen-bond donors (Lipinski definition) is 2. The van der Waals surface area contributed by atoms with Gasteiger partial charge in [-0.25, -0.2) is 9.59 Å². The molecule has 0 aromatic heterocycles. The molecule has 2 aliphatic rings. The third-order valence-electron chi connectivity index (χ3n) is 5.95. The molecule has 8 heteroatoms. The zero-order valence-electron chi connectivity index (χ0n) is 15.7. The van der Waals surface area contributed by atoms with E-state index >= 15 is 0 Å². The van der Waals surface area contributed by atoms with Crippen molar-refractivity contribution in [2.45, 2.75) is 89.3 Å². The van der Waals surface area contributed by atoms with E-state index in [9.17, 15) is 19.8 Å². The number of carbonyl (C=O) groups is 2. The fourth-order valence-corrected chi connectivity index (χ4v) is 3.72. The highest BCUT2D eigenvalue weighted by molar-refractivity contribution is 6.45. The topological polar surface area (TPSA) is 96.3 Å². The third kappa shape index (κ3) is 3.95. The van der Waals surface area contributed by atoms with E-state index in [4.69, 9.17) is 9.31 Å². The van der Waals surface area contributed by atoms with Crippen LogP contribution in [0.15, 0.2) is 0 Å². The van der Waals surface area contributed by atoms with Crippen LogP contribution >= 0.6 is 0 Å². The highest BCUT2D eigenvalue weighted by Gasteiger charge is 2.51. The van der Waals surface area contributed by atoms with Crippen molar-refractivity contribution in [3.63, 3.8) is 0 Å². The quantitative estimate of drug-likeness (QED) is 0.561. The van der Waals surface area contributed by atoms with Crippen molar-refractivity contribution < 1.29 is 29.1 Å². The zero-order valence-corrected chi connectivity index (χ0v) is 15.7. The van der Waals surface area contributed by atoms with Crippen LogP contribution in [0.25, 0.3) is 0 Å². The SMILES string of the molecule is CC1(C)OB(CCCCC2(C(=O)O)CCCCN2C(=O)O)OC1(C)C. The number of rotatable bonds is 6. The predicted octanol–water partition coefficient (Wildman–Crippen LogP) is 3.24. The van der Waals surface area contributed by atoms with Crippen LogP contribution in [-0.4, -0.2) is 57.6 Å². The summed E-state index contributed by atoms with van der Waals surface area (Å²) in [4.78, 5) is 24.5. The predicted molar refractivity (Wildman–Crippen MR) is 93.7 cm³/mol. The summed E-state index contributed by atoms with van der Waals surface area (Å²) in [5.41, 5.74) is -2.03. The smallest absolute Gasteiger partial charge is 0.457 e. The molecule has 2 heterocycles. The minimum atomic E-state index is -1.29. The van der Waals surface area contributed by atoms with Crippen LogP contribution < -0.4 is 0 Å². The first-order valence-corrected chi connectivity index (χ1v) is 9.11. The molecule has 0 aromatic carbocycles. The van der Waals surface area contributed by atoms with Crippen LogP contribution in [0.5, 0.6) is 0 Å². The van der Waals surface area contributed by atoms with Crippen LogP contribution in [0.1, 0.15) is 66.2 Å². The Kier molecular flexibility index (Phi) is 5.73. The minimum absolute atomic E-state index is 0.291. The monoisotopic (exact) mass is 355 g/mol. The molecule has 7 nitrogen and oxygen atoms in total. The van der Waals surface area contributed by atoms with Crippen LogP contribution in [0.4, 0.5) is 4.79 Å². The maximum atomic E-state index is 11.9. The van der Waals surface area contributed by atoms with E-state index < -0.39 is 17.6 Å². The van der Waals surface area contributed by atoms with Crippen LogP contribution in [0, 0.1) is 0 Å². The average Bonchev–Trinajstić information content (AvgIpc) is 2.71. The molecule has 0 spiro atoms. The minimum Gasteiger partial charge on any atom is -0.479 e. The first-order valence-electron chi connectivity index (χ1n) is 9.11. The summed E-state index contributed by atoms with van der Waals surface area (Å²) in [5.74, 6) is -1.04. The summed E-state index contributed by atoms with van der Waals surface area (Å²) < 4.78 is 11.9. The van der Waals surface area contributed by atoms with Crippen molar-refractivity contribution in [1.29, 1.82) is 0 Å². The molecule has 2 aliphatic heterocycles. The summed E-state index contributed by atoms with van der Waals surface area (Å²) in [6, 6.07) is 0. The number of carboxylic acid groups (broad SMARTS) is 2. The fourth-order valence-electron chi connectivity index (χ4n) is 3.72. The molecule has 0 saturated carbocycles. The highest BCUT2D eigenvalue weighted by Crippen LogP contribution is 2.39. The van der Waals surface area contributed by atoms with Gasteiger partial charge in [0.05, 0.1) is 11.2 Å². The van der Waals surface area contributed by atoms with E-state index in [1.165, 1.54) is 0 Å². The van der Waals surface area contributed by atoms with Crippen molar-refractivity contribution in [1.82, 2.24) is 4.90 Å². The number of hydrogen-bond acceptors (Lipinski definition) is 4. The molecule has 0 aliphatic carbocycles. The second kappa shape index (κ2) is 7.15. The van der Waals surface area contributed by atoms with Crippen molar-refractivity contribution in [3.05, 3.63) is 0 Å². The van der Waals surface area contributed by atoms with Gasteiger partial charge in [-0.3, -0.25) is 4.90 Å². The molecule has 0 aromatic rings. The van der Waals surface area contributed by atoms with Crippen LogP contribution in [-0.2, 0) is 14.1 Å². The van der Waals surface area contributed by atoms with Gasteiger partial charge in [0.15, 0.2) is 0 Å². The van der Waals surface area contributed by atoms with E-state index in [1.807, 2.05) is 27.7 Å². The third-order valence-corrected chi connectivity index (χ3v) is 5.95. The lowest BCUT2D eigenvalue weighted by atomic mass is 9.78. The second-order valence-electron chi connectivity index (χ2n) is 8.16. The molecule has 2 N–H and O–H groups in total. The van der Waals surface area contributed by atoms with Gasteiger partial charge in [0.1, 0.15) is 5.54 Å². The average molecular weight is 355 g/mol. The molecule has 0 bridgehead atoms. The van der Waals surface area contributed by atoms with Crippen molar-refractivity contribution in [2.24, 2.45) is 0 Å². The van der Waals surface area contributed by atoms with E-state index in [1.54, 1.807) is 0 Å². The summed E-state index contributed by atoms with van der Waals surface area (Å²) in [6.45, 7) is 8.29. The number of aliphatic carboxylic acids is 1. The van der Waals surface area contributed by atoms with E-state index in [0.29, 0.717) is 32.1 Å². The number of likely N-dealkylation sites (tertiary alicyclic amines) is 1. The zero-order chi connectivity index (χ0) is 18.9. The Morgan fingerprint density at radius 2 is 1.64 bits per heavy atom. The molecule has 1 amide bonds. The Balaban J connectivity index is 1.90. The Bertz CT molecular complexity index is 507. The van der Waals surface area contributed by atoms with Gasteiger partial charge >= 0.3 is 19.2 Å². The molecule has 2 rings (SSSR count). The lowest BCUT2D eigenvalue weighted by molar-refractivity contribution is -0.153. The number of unbranched alkanes of at least 4 members (excludes halogenated alkanes) is 1. The molecule has 1 atom stereocenters. The summed E-state index contributed by atoms with van der Waals surface area (Å²) in [5, 5.41) is 19.1. The van der Waals surface area contributed by atoms with Gasteiger partial charge in [-0.15, -0.1) is 0 Å². The van der Waals surface area contributed by atoms with Gasteiger partial charge in [0.2, 0.25) is 0 Å². The molecule has 2 fully saturated rings. The molecule has 1 unspecified atom stereocenters. The highest BCUT2D eigenvalue weighted by atomic mass is 16.7. The molecular weight excluding hydrogens is 325 g/mol. The van der Waals surface area contributed by atoms with Gasteiger partial charge in [-0.05, 0) is 59.7 Å². The largest absolute Gasteiger partial charge is 0.479 e. The van der Waals surface area contributed by atoms with Crippen LogP contribution in [0.3, 0.4) is 0 Å². The Morgan fingerprint density at radius 3 is 2.16 bits per heavy atom. The summed E-state index contributed by atoms with van der Waals surface area (Å²) in [7, 11) is -0.298. The van der Waals surface area contributed by atoms with Gasteiger partial charge in [-0.2, -0.15) is 0 Å². The van der Waals surface area contributed by atoms with Gasteiger partial charge in [-0.1, -0.05) is 12.8 Å². The number of nitrogens with zero attached hydrogens (tertiary/aromatic N) is 1. The lowest BCUT2D eigenvalue weighted by Gasteiger charge is -2.42. The molecule has 25 heavy (non-hydrogen) atoms. The summed E-state index contributed by atoms with van der Waals surface area (Å²) >= 11 is 0. The fraction of sp³-hybridized carbons (Fsp3) is 0.882. The first kappa shape index (κ1) is 20.0. The number of piperidine rings is 1. The van der Waals surface area contributed by atoms with Gasteiger partial charge in [0.25, 0.3) is 0 Å². The molecular formula is C17H30BNO6.